The molecule has 1 unspecified atom stereocenters. The lowest BCUT2D eigenvalue weighted by molar-refractivity contribution is -0.167. The Labute approximate surface area is 373 Å². The number of esters is 3. The Kier molecular flexibility index (Phi) is 45.1. The Morgan fingerprint density at radius 2 is 0.656 bits per heavy atom. The van der Waals surface area contributed by atoms with Crippen LogP contribution < -0.4 is 0 Å². The molecular formula is C55H86O6. The SMILES string of the molecule is CC/C=C\C/C=C\C/C=C\CCCCCCC(=O)OC(COC(=O)CCC/C=C\C/C=C\C/C=C\C/C=C\CCCCC)COC(=O)CCCC/C=C\C/C=C\C/C=C\CC. The molecule has 0 saturated carbocycles. The Hall–Kier alpha value is -4.19. The number of carbonyl (C=O) groups excluding carboxylic acids is 3. The average Bonchev–Trinajstić information content (AvgIpc) is 3.26. The van der Waals surface area contributed by atoms with Crippen molar-refractivity contribution in [1.82, 2.24) is 0 Å². The molecule has 0 aromatic heterocycles. The summed E-state index contributed by atoms with van der Waals surface area (Å²) in [6.07, 6.45) is 66.2. The molecule has 0 fully saturated rings. The zero-order valence-corrected chi connectivity index (χ0v) is 38.9. The number of hydrogen-bond donors (Lipinski definition) is 0. The molecule has 0 aliphatic heterocycles. The first-order valence-electron chi connectivity index (χ1n) is 24.0. The molecule has 6 nitrogen and oxygen atoms in total. The summed E-state index contributed by atoms with van der Waals surface area (Å²) in [7, 11) is 0. The quantitative estimate of drug-likeness (QED) is 0.0264. The molecule has 342 valence electrons. The number of allylic oxidation sites excluding steroid dienone is 20. The second kappa shape index (κ2) is 48.5. The van der Waals surface area contributed by atoms with Crippen molar-refractivity contribution in [2.24, 2.45) is 0 Å². The van der Waals surface area contributed by atoms with Gasteiger partial charge in [0.05, 0.1) is 0 Å². The van der Waals surface area contributed by atoms with E-state index in [-0.39, 0.29) is 50.4 Å². The third-order valence-electron chi connectivity index (χ3n) is 9.43. The van der Waals surface area contributed by atoms with Gasteiger partial charge in [-0.3, -0.25) is 14.4 Å². The summed E-state index contributed by atoms with van der Waals surface area (Å²) < 4.78 is 16.6. The lowest BCUT2D eigenvalue weighted by Gasteiger charge is -2.18. The van der Waals surface area contributed by atoms with Crippen molar-refractivity contribution in [3.8, 4) is 0 Å². The zero-order chi connectivity index (χ0) is 44.4. The van der Waals surface area contributed by atoms with Gasteiger partial charge in [-0.2, -0.15) is 0 Å². The van der Waals surface area contributed by atoms with Crippen LogP contribution in [0.25, 0.3) is 0 Å². The summed E-state index contributed by atoms with van der Waals surface area (Å²) in [5.41, 5.74) is 0. The van der Waals surface area contributed by atoms with Crippen molar-refractivity contribution in [2.75, 3.05) is 13.2 Å². The van der Waals surface area contributed by atoms with E-state index in [0.717, 1.165) is 109 Å². The van der Waals surface area contributed by atoms with E-state index in [2.05, 4.69) is 142 Å². The molecule has 0 amide bonds. The van der Waals surface area contributed by atoms with Gasteiger partial charge in [0, 0.05) is 19.3 Å². The minimum Gasteiger partial charge on any atom is -0.462 e. The first-order chi connectivity index (χ1) is 30.0. The summed E-state index contributed by atoms with van der Waals surface area (Å²) in [5.74, 6) is -1.06. The molecule has 0 aromatic carbocycles. The van der Waals surface area contributed by atoms with Crippen LogP contribution in [0.3, 0.4) is 0 Å². The monoisotopic (exact) mass is 843 g/mol. The molecule has 0 bridgehead atoms. The lowest BCUT2D eigenvalue weighted by Crippen LogP contribution is -2.30. The van der Waals surface area contributed by atoms with E-state index >= 15 is 0 Å². The van der Waals surface area contributed by atoms with E-state index < -0.39 is 6.10 Å². The van der Waals surface area contributed by atoms with Crippen molar-refractivity contribution in [3.63, 3.8) is 0 Å². The van der Waals surface area contributed by atoms with Gasteiger partial charge in [0.15, 0.2) is 6.10 Å². The number of rotatable bonds is 41. The lowest BCUT2D eigenvalue weighted by atomic mass is 10.1. The highest BCUT2D eigenvalue weighted by Crippen LogP contribution is 2.11. The molecule has 0 spiro atoms. The molecule has 6 heteroatoms. The third-order valence-corrected chi connectivity index (χ3v) is 9.43. The Morgan fingerprint density at radius 1 is 0.344 bits per heavy atom. The number of carbonyl (C=O) groups is 3. The van der Waals surface area contributed by atoms with Crippen LogP contribution in [0.2, 0.25) is 0 Å². The normalized spacial score (nSPS) is 13.2. The third kappa shape index (κ3) is 46.7. The summed E-state index contributed by atoms with van der Waals surface area (Å²) in [5, 5.41) is 0. The van der Waals surface area contributed by atoms with Crippen LogP contribution in [0.5, 0.6) is 0 Å². The highest BCUT2D eigenvalue weighted by molar-refractivity contribution is 5.71. The van der Waals surface area contributed by atoms with Crippen molar-refractivity contribution in [3.05, 3.63) is 122 Å². The molecule has 0 saturated heterocycles. The molecule has 61 heavy (non-hydrogen) atoms. The first-order valence-corrected chi connectivity index (χ1v) is 24.0. The molecule has 0 rings (SSSR count). The predicted molar refractivity (Wildman–Crippen MR) is 260 cm³/mol. The average molecular weight is 843 g/mol. The molecule has 0 aromatic rings. The maximum Gasteiger partial charge on any atom is 0.306 e. The van der Waals surface area contributed by atoms with Crippen LogP contribution in [0.1, 0.15) is 188 Å². The molecule has 0 N–H and O–H groups in total. The van der Waals surface area contributed by atoms with Crippen LogP contribution in [-0.2, 0) is 28.6 Å². The van der Waals surface area contributed by atoms with Crippen LogP contribution in [0, 0.1) is 0 Å². The van der Waals surface area contributed by atoms with Gasteiger partial charge in [-0.05, 0) is 122 Å². The van der Waals surface area contributed by atoms with Crippen LogP contribution in [0.4, 0.5) is 0 Å². The van der Waals surface area contributed by atoms with E-state index in [0.29, 0.717) is 12.8 Å². The second-order valence-corrected chi connectivity index (χ2v) is 15.2. The first kappa shape index (κ1) is 56.8. The molecule has 0 radical (unpaired) electrons. The van der Waals surface area contributed by atoms with Crippen molar-refractivity contribution in [2.45, 2.75) is 194 Å². The fourth-order valence-electron chi connectivity index (χ4n) is 5.87. The van der Waals surface area contributed by atoms with Gasteiger partial charge in [0.25, 0.3) is 0 Å². The van der Waals surface area contributed by atoms with E-state index in [1.54, 1.807) is 0 Å². The maximum atomic E-state index is 12.7. The topological polar surface area (TPSA) is 78.9 Å². The highest BCUT2D eigenvalue weighted by Gasteiger charge is 2.19. The number of ether oxygens (including phenoxy) is 3. The highest BCUT2D eigenvalue weighted by atomic mass is 16.6. The van der Waals surface area contributed by atoms with Gasteiger partial charge in [0.2, 0.25) is 0 Å². The van der Waals surface area contributed by atoms with E-state index in [1.807, 2.05) is 0 Å². The van der Waals surface area contributed by atoms with Gasteiger partial charge in [-0.15, -0.1) is 0 Å². The standard InChI is InChI=1S/C55H86O6/c1-4-7-10-13-16-19-22-25-27-28-29-31-33-36-39-42-45-48-54(57)60-51-52(50-59-53(56)47-44-41-38-35-32-24-21-18-15-12-9-6-3)61-55(58)49-46-43-40-37-34-30-26-23-20-17-14-11-8-5-2/h8-9,11-12,16-21,25-27,29-32,35-36,39,52H,4-7,10,13-15,22-24,28,33-34,37-38,40-51H2,1-3H3/b11-8-,12-9-,19-16-,20-17-,21-18-,27-25-,30-26-,31-29-,35-32-,39-36-. The second-order valence-electron chi connectivity index (χ2n) is 15.2. The van der Waals surface area contributed by atoms with E-state index in [9.17, 15) is 14.4 Å². The van der Waals surface area contributed by atoms with Crippen molar-refractivity contribution in [1.29, 1.82) is 0 Å². The van der Waals surface area contributed by atoms with Crippen molar-refractivity contribution >= 4 is 17.9 Å². The minimum absolute atomic E-state index is 0.128. The summed E-state index contributed by atoms with van der Waals surface area (Å²) in [6, 6.07) is 0. The van der Waals surface area contributed by atoms with Crippen LogP contribution in [-0.4, -0.2) is 37.2 Å². The molecule has 0 aliphatic rings. The van der Waals surface area contributed by atoms with Gasteiger partial charge in [0.1, 0.15) is 13.2 Å². The molecule has 0 heterocycles. The van der Waals surface area contributed by atoms with E-state index in [4.69, 9.17) is 14.2 Å². The maximum absolute atomic E-state index is 12.7. The molecular weight excluding hydrogens is 757 g/mol. The van der Waals surface area contributed by atoms with Crippen molar-refractivity contribution < 1.29 is 28.6 Å². The van der Waals surface area contributed by atoms with Gasteiger partial charge >= 0.3 is 17.9 Å². The van der Waals surface area contributed by atoms with Crippen LogP contribution in [0.15, 0.2) is 122 Å². The van der Waals surface area contributed by atoms with Gasteiger partial charge in [-0.25, -0.2) is 0 Å². The van der Waals surface area contributed by atoms with E-state index in [1.165, 1.54) is 25.7 Å². The van der Waals surface area contributed by atoms with Gasteiger partial charge < -0.3 is 14.2 Å². The molecule has 1 atom stereocenters. The molecule has 0 aliphatic carbocycles. The largest absolute Gasteiger partial charge is 0.462 e. The summed E-state index contributed by atoms with van der Waals surface area (Å²) in [4.78, 5) is 37.8. The summed E-state index contributed by atoms with van der Waals surface area (Å²) >= 11 is 0. The smallest absolute Gasteiger partial charge is 0.306 e. The predicted octanol–water partition coefficient (Wildman–Crippen LogP) is 15.7. The fourth-order valence-corrected chi connectivity index (χ4v) is 5.87. The Balaban J connectivity index is 4.58. The van der Waals surface area contributed by atoms with Gasteiger partial charge in [-0.1, -0.05) is 168 Å². The fraction of sp³-hybridized carbons (Fsp3) is 0.582. The Morgan fingerprint density at radius 3 is 1.08 bits per heavy atom. The summed E-state index contributed by atoms with van der Waals surface area (Å²) in [6.45, 7) is 6.24. The number of hydrogen-bond acceptors (Lipinski definition) is 6. The Bertz CT molecular complexity index is 1340. The van der Waals surface area contributed by atoms with Crippen LogP contribution >= 0.6 is 0 Å². The minimum atomic E-state index is -0.829. The number of unbranched alkanes of at least 4 members (excludes halogenated alkanes) is 10. The zero-order valence-electron chi connectivity index (χ0n) is 38.9.